The molecule has 0 bridgehead atoms. The predicted octanol–water partition coefficient (Wildman–Crippen LogP) is -0.373. The van der Waals surface area contributed by atoms with Crippen LogP contribution in [0.15, 0.2) is 12.7 Å². The van der Waals surface area contributed by atoms with E-state index in [2.05, 4.69) is 11.9 Å². The summed E-state index contributed by atoms with van der Waals surface area (Å²) in [5.74, 6) is -8.96. The number of carbonyl (C=O) groups is 7. The Morgan fingerprint density at radius 2 is 1.51 bits per heavy atom. The Balaban J connectivity index is 3.86. The number of nitrogens with one attached hydrogen (secondary N) is 1. The first kappa shape index (κ1) is 33.0. The van der Waals surface area contributed by atoms with Gasteiger partial charge in [0.25, 0.3) is 0 Å². The molecule has 15 nitrogen and oxygen atoms in total. The summed E-state index contributed by atoms with van der Waals surface area (Å²) >= 11 is 0. The SMILES string of the molecule is C=CCOC(=O)[C@]1(OC(C)=O)C[C@@H](OC(C)=O)[C@@H](NC(C)=O)C([C@H](OC(C)=O)[C@@H](COC(C)=O)OC(C)=O)O1. The van der Waals surface area contributed by atoms with Crippen LogP contribution in [0.1, 0.15) is 48.0 Å². The van der Waals surface area contributed by atoms with Gasteiger partial charge in [0.1, 0.15) is 25.4 Å². The summed E-state index contributed by atoms with van der Waals surface area (Å²) in [4.78, 5) is 85.0. The van der Waals surface area contributed by atoms with Crippen LogP contribution in [0.5, 0.6) is 0 Å². The largest absolute Gasteiger partial charge is 0.462 e. The third-order valence-electron chi connectivity index (χ3n) is 4.95. The molecule has 1 unspecified atom stereocenters. The molecule has 1 N–H and O–H groups in total. The molecule has 1 heterocycles. The summed E-state index contributed by atoms with van der Waals surface area (Å²) in [6.45, 7) is 8.67. The molecule has 0 radical (unpaired) electrons. The van der Waals surface area contributed by atoms with Gasteiger partial charge in [-0.15, -0.1) is 0 Å². The molecule has 1 fully saturated rings. The highest BCUT2D eigenvalue weighted by Crippen LogP contribution is 2.37. The Hall–Kier alpha value is -4.01. The van der Waals surface area contributed by atoms with E-state index >= 15 is 0 Å². The van der Waals surface area contributed by atoms with E-state index in [1.54, 1.807) is 0 Å². The highest BCUT2D eigenvalue weighted by atomic mass is 16.8. The van der Waals surface area contributed by atoms with Crippen molar-refractivity contribution in [2.75, 3.05) is 13.2 Å². The maximum atomic E-state index is 13.2. The summed E-state index contributed by atoms with van der Waals surface area (Å²) < 4.78 is 37.2. The van der Waals surface area contributed by atoms with Crippen molar-refractivity contribution in [2.45, 2.75) is 84.2 Å². The second-order valence-corrected chi connectivity index (χ2v) is 8.42. The Labute approximate surface area is 224 Å². The second kappa shape index (κ2) is 14.8. The van der Waals surface area contributed by atoms with E-state index < -0.39 is 91.0 Å². The van der Waals surface area contributed by atoms with E-state index in [4.69, 9.17) is 33.2 Å². The molecule has 6 atom stereocenters. The van der Waals surface area contributed by atoms with Crippen molar-refractivity contribution in [2.24, 2.45) is 0 Å². The van der Waals surface area contributed by atoms with Crippen LogP contribution >= 0.6 is 0 Å². The van der Waals surface area contributed by atoms with Crippen LogP contribution in [-0.2, 0) is 66.7 Å². The van der Waals surface area contributed by atoms with Gasteiger partial charge in [-0.25, -0.2) is 4.79 Å². The number of rotatable bonds is 12. The van der Waals surface area contributed by atoms with Gasteiger partial charge in [-0.2, -0.15) is 0 Å². The minimum Gasteiger partial charge on any atom is -0.462 e. The topological polar surface area (TPSA) is 196 Å². The lowest BCUT2D eigenvalue weighted by molar-refractivity contribution is -0.304. The van der Waals surface area contributed by atoms with Crippen LogP contribution in [0.2, 0.25) is 0 Å². The quantitative estimate of drug-likeness (QED) is 0.185. The lowest BCUT2D eigenvalue weighted by atomic mass is 9.88. The molecular weight excluding hydrogens is 526 g/mol. The highest BCUT2D eigenvalue weighted by Gasteiger charge is 2.60. The van der Waals surface area contributed by atoms with Crippen LogP contribution in [0.4, 0.5) is 0 Å². The zero-order valence-electron chi connectivity index (χ0n) is 22.5. The molecule has 218 valence electrons. The Bertz CT molecular complexity index is 978. The molecule has 15 heteroatoms. The van der Waals surface area contributed by atoms with Gasteiger partial charge in [0.05, 0.1) is 12.5 Å². The zero-order chi connectivity index (χ0) is 29.9. The molecule has 39 heavy (non-hydrogen) atoms. The highest BCUT2D eigenvalue weighted by molar-refractivity contribution is 5.82. The minimum atomic E-state index is -2.59. The lowest BCUT2D eigenvalue weighted by Gasteiger charge is -2.48. The van der Waals surface area contributed by atoms with Crippen LogP contribution in [0, 0.1) is 0 Å². The van der Waals surface area contributed by atoms with Gasteiger partial charge < -0.3 is 38.5 Å². The van der Waals surface area contributed by atoms with Gasteiger partial charge in [0.15, 0.2) is 12.2 Å². The number of carbonyl (C=O) groups excluding carboxylic acids is 7. The van der Waals surface area contributed by atoms with E-state index in [1.807, 2.05) is 0 Å². The summed E-state index contributed by atoms with van der Waals surface area (Å²) in [7, 11) is 0. The van der Waals surface area contributed by atoms with Gasteiger partial charge in [0, 0.05) is 41.5 Å². The molecule has 1 rings (SSSR count). The number of ether oxygens (including phenoxy) is 7. The minimum absolute atomic E-state index is 0.334. The van der Waals surface area contributed by atoms with Gasteiger partial charge in [0.2, 0.25) is 5.91 Å². The molecule has 0 aromatic rings. The van der Waals surface area contributed by atoms with E-state index in [9.17, 15) is 33.6 Å². The second-order valence-electron chi connectivity index (χ2n) is 8.42. The van der Waals surface area contributed by atoms with Crippen molar-refractivity contribution in [3.63, 3.8) is 0 Å². The number of hydrogen-bond donors (Lipinski definition) is 1. The van der Waals surface area contributed by atoms with E-state index in [1.165, 1.54) is 6.08 Å². The Morgan fingerprint density at radius 3 is 1.97 bits per heavy atom. The van der Waals surface area contributed by atoms with E-state index in [0.29, 0.717) is 0 Å². The van der Waals surface area contributed by atoms with Gasteiger partial charge in [-0.3, -0.25) is 28.8 Å². The monoisotopic (exact) mass is 559 g/mol. The Kier molecular flexibility index (Phi) is 12.5. The van der Waals surface area contributed by atoms with Gasteiger partial charge >= 0.3 is 41.6 Å². The summed E-state index contributed by atoms with van der Waals surface area (Å²) in [5, 5.41) is 2.50. The third kappa shape index (κ3) is 10.3. The average molecular weight is 560 g/mol. The fraction of sp³-hybridized carbons (Fsp3) is 0.625. The van der Waals surface area contributed by atoms with Crippen molar-refractivity contribution in [1.82, 2.24) is 5.32 Å². The molecule has 0 saturated carbocycles. The molecular formula is C24H33NO14. The first-order chi connectivity index (χ1) is 18.1. The maximum absolute atomic E-state index is 13.2. The fourth-order valence-electron chi connectivity index (χ4n) is 3.82. The molecule has 0 aliphatic carbocycles. The smallest absolute Gasteiger partial charge is 0.380 e. The van der Waals surface area contributed by atoms with Crippen molar-refractivity contribution in [1.29, 1.82) is 0 Å². The standard InChI is InChI=1S/C24H33NO14/c1-8-9-33-23(32)24(38-17(7)31)10-18(35-14(4)28)20(25-12(2)26)22(39-24)21(37-16(6)30)19(36-15(5)29)11-34-13(3)27/h8,18-22H,1,9-11H2,2-7H3,(H,25,26)/t18-,19-,20-,21-,22?,24+/m1/s1. The number of hydrogen-bond acceptors (Lipinski definition) is 14. The maximum Gasteiger partial charge on any atom is 0.380 e. The number of amides is 1. The summed E-state index contributed by atoms with van der Waals surface area (Å²) in [6, 6.07) is -1.37. The van der Waals surface area contributed by atoms with Gasteiger partial charge in [-0.05, 0) is 0 Å². The van der Waals surface area contributed by atoms with Crippen LogP contribution in [0.3, 0.4) is 0 Å². The molecule has 1 saturated heterocycles. The molecule has 1 aliphatic heterocycles. The normalized spacial score (nSPS) is 23.6. The van der Waals surface area contributed by atoms with Crippen molar-refractivity contribution < 1.29 is 66.7 Å². The molecule has 0 aromatic heterocycles. The molecule has 0 spiro atoms. The van der Waals surface area contributed by atoms with Crippen LogP contribution in [0.25, 0.3) is 0 Å². The van der Waals surface area contributed by atoms with Crippen LogP contribution in [-0.4, -0.2) is 91.2 Å². The fourth-order valence-corrected chi connectivity index (χ4v) is 3.82. The summed E-state index contributed by atoms with van der Waals surface area (Å²) in [6.07, 6.45) is -5.87. The van der Waals surface area contributed by atoms with E-state index in [0.717, 1.165) is 41.5 Å². The summed E-state index contributed by atoms with van der Waals surface area (Å²) in [5.41, 5.74) is 0. The first-order valence-electron chi connectivity index (χ1n) is 11.7. The van der Waals surface area contributed by atoms with Crippen molar-refractivity contribution in [3.8, 4) is 0 Å². The molecule has 1 aliphatic rings. The van der Waals surface area contributed by atoms with Crippen LogP contribution < -0.4 is 5.32 Å². The van der Waals surface area contributed by atoms with Gasteiger partial charge in [-0.1, -0.05) is 12.7 Å². The van der Waals surface area contributed by atoms with Crippen molar-refractivity contribution in [3.05, 3.63) is 12.7 Å². The first-order valence-corrected chi connectivity index (χ1v) is 11.7. The molecule has 0 aromatic carbocycles. The molecule has 1 amide bonds. The zero-order valence-corrected chi connectivity index (χ0v) is 22.5. The lowest BCUT2D eigenvalue weighted by Crippen LogP contribution is -2.69. The number of esters is 6. The average Bonchev–Trinajstić information content (AvgIpc) is 2.78. The Morgan fingerprint density at radius 1 is 0.897 bits per heavy atom. The predicted molar refractivity (Wildman–Crippen MR) is 126 cm³/mol. The third-order valence-corrected chi connectivity index (χ3v) is 4.95. The van der Waals surface area contributed by atoms with Crippen molar-refractivity contribution >= 4 is 41.7 Å². The van der Waals surface area contributed by atoms with E-state index in [-0.39, 0.29) is 6.61 Å².